The van der Waals surface area contributed by atoms with Gasteiger partial charge in [0.1, 0.15) is 0 Å². The van der Waals surface area contributed by atoms with E-state index in [1.54, 1.807) is 12.1 Å². The summed E-state index contributed by atoms with van der Waals surface area (Å²) in [6.07, 6.45) is 0.365. The van der Waals surface area contributed by atoms with Crippen LogP contribution in [-0.4, -0.2) is 51.6 Å². The predicted octanol–water partition coefficient (Wildman–Crippen LogP) is 2.63. The van der Waals surface area contributed by atoms with Crippen LogP contribution in [0.5, 0.6) is 0 Å². The van der Waals surface area contributed by atoms with Gasteiger partial charge in [-0.3, -0.25) is 14.4 Å². The van der Waals surface area contributed by atoms with Gasteiger partial charge in [-0.1, -0.05) is 53.6 Å². The van der Waals surface area contributed by atoms with Crippen LogP contribution in [0.25, 0.3) is 0 Å². The standard InChI is InChI=1S/C19H22INO7/c1-3-19(4-2,17(24)25)18(26)28-21-15(22)13-7-5-6-12(14(13)16(21)23)8-10-27-11-9-20/h5-7H,3-4,8-11H2,1-2H3,(H,24,25). The number of imide groups is 1. The zero-order valence-electron chi connectivity index (χ0n) is 15.7. The Bertz CT molecular complexity index is 788. The van der Waals surface area contributed by atoms with Crippen LogP contribution in [-0.2, 0) is 25.6 Å². The molecule has 1 aliphatic rings. The van der Waals surface area contributed by atoms with E-state index in [1.807, 2.05) is 0 Å². The van der Waals surface area contributed by atoms with Gasteiger partial charge in [0.15, 0.2) is 5.41 Å². The van der Waals surface area contributed by atoms with E-state index < -0.39 is 29.2 Å². The first-order valence-electron chi connectivity index (χ1n) is 8.94. The highest BCUT2D eigenvalue weighted by Crippen LogP contribution is 2.32. The molecule has 0 saturated carbocycles. The first kappa shape index (κ1) is 22.3. The van der Waals surface area contributed by atoms with Gasteiger partial charge in [-0.2, -0.15) is 0 Å². The minimum Gasteiger partial charge on any atom is -0.480 e. The number of rotatable bonds is 10. The van der Waals surface area contributed by atoms with E-state index in [0.29, 0.717) is 30.3 Å². The molecule has 2 rings (SSSR count). The largest absolute Gasteiger partial charge is 0.480 e. The molecule has 0 fully saturated rings. The van der Waals surface area contributed by atoms with E-state index in [4.69, 9.17) is 9.57 Å². The molecule has 1 aromatic rings. The number of carboxylic acid groups (broad SMARTS) is 1. The molecule has 0 atom stereocenters. The summed E-state index contributed by atoms with van der Waals surface area (Å²) < 4.78 is 6.27. The third-order valence-corrected chi connectivity index (χ3v) is 5.32. The van der Waals surface area contributed by atoms with Gasteiger partial charge in [-0.05, 0) is 30.9 Å². The van der Waals surface area contributed by atoms with Gasteiger partial charge >= 0.3 is 11.9 Å². The van der Waals surface area contributed by atoms with E-state index in [-0.39, 0.29) is 24.0 Å². The van der Waals surface area contributed by atoms with Crippen molar-refractivity contribution in [3.05, 3.63) is 34.9 Å². The Hall–Kier alpha value is -2.01. The zero-order chi connectivity index (χ0) is 20.9. The van der Waals surface area contributed by atoms with Gasteiger partial charge in [0.25, 0.3) is 11.8 Å². The lowest BCUT2D eigenvalue weighted by atomic mass is 9.83. The molecular weight excluding hydrogens is 481 g/mol. The van der Waals surface area contributed by atoms with Crippen molar-refractivity contribution < 1.29 is 33.9 Å². The maximum Gasteiger partial charge on any atom is 0.350 e. The molecule has 0 spiro atoms. The number of ether oxygens (including phenoxy) is 1. The Morgan fingerprint density at radius 3 is 2.39 bits per heavy atom. The van der Waals surface area contributed by atoms with Crippen LogP contribution in [0.4, 0.5) is 0 Å². The van der Waals surface area contributed by atoms with E-state index in [1.165, 1.54) is 19.9 Å². The van der Waals surface area contributed by atoms with Crippen LogP contribution in [0.15, 0.2) is 18.2 Å². The smallest absolute Gasteiger partial charge is 0.350 e. The van der Waals surface area contributed by atoms with Crippen molar-refractivity contribution in [3.8, 4) is 0 Å². The van der Waals surface area contributed by atoms with Crippen molar-refractivity contribution in [1.82, 2.24) is 5.06 Å². The topological polar surface area (TPSA) is 110 Å². The molecular formula is C19H22INO7. The van der Waals surface area contributed by atoms with Crippen LogP contribution >= 0.6 is 22.6 Å². The van der Waals surface area contributed by atoms with E-state index in [2.05, 4.69) is 22.6 Å². The van der Waals surface area contributed by atoms with Gasteiger partial charge < -0.3 is 14.7 Å². The Balaban J connectivity index is 2.25. The van der Waals surface area contributed by atoms with Crippen LogP contribution in [0.3, 0.4) is 0 Å². The molecule has 152 valence electrons. The number of nitrogens with zero attached hydrogens (tertiary/aromatic N) is 1. The first-order valence-corrected chi connectivity index (χ1v) is 10.5. The fraction of sp³-hybridized carbons (Fsp3) is 0.474. The lowest BCUT2D eigenvalue weighted by Gasteiger charge is -2.25. The summed E-state index contributed by atoms with van der Waals surface area (Å²) in [5.74, 6) is -4.04. The van der Waals surface area contributed by atoms with Crippen molar-refractivity contribution in [2.75, 3.05) is 17.6 Å². The van der Waals surface area contributed by atoms with Crippen LogP contribution in [0.2, 0.25) is 0 Å². The highest BCUT2D eigenvalue weighted by atomic mass is 127. The Morgan fingerprint density at radius 1 is 1.14 bits per heavy atom. The lowest BCUT2D eigenvalue weighted by molar-refractivity contribution is -0.188. The average Bonchev–Trinajstić information content (AvgIpc) is 2.92. The second-order valence-electron chi connectivity index (χ2n) is 6.27. The zero-order valence-corrected chi connectivity index (χ0v) is 17.9. The normalized spacial score (nSPS) is 13.6. The summed E-state index contributed by atoms with van der Waals surface area (Å²) in [4.78, 5) is 54.5. The van der Waals surface area contributed by atoms with Gasteiger partial charge in [0, 0.05) is 4.43 Å². The highest BCUT2D eigenvalue weighted by molar-refractivity contribution is 14.1. The number of carboxylic acids is 1. The molecule has 2 amide bonds. The third kappa shape index (κ3) is 4.04. The molecule has 1 aliphatic heterocycles. The SMILES string of the molecule is CCC(CC)(C(=O)O)C(=O)ON1C(=O)c2cccc(CCOCCI)c2C1=O. The molecule has 28 heavy (non-hydrogen) atoms. The minimum atomic E-state index is -1.81. The number of hydrogen-bond donors (Lipinski definition) is 1. The number of amides is 2. The maximum absolute atomic E-state index is 12.8. The van der Waals surface area contributed by atoms with Crippen molar-refractivity contribution in [1.29, 1.82) is 0 Å². The lowest BCUT2D eigenvalue weighted by Crippen LogP contribution is -2.44. The first-order chi connectivity index (χ1) is 13.3. The molecule has 8 nitrogen and oxygen atoms in total. The van der Waals surface area contributed by atoms with Crippen molar-refractivity contribution >= 4 is 46.3 Å². The van der Waals surface area contributed by atoms with E-state index in [9.17, 15) is 24.3 Å². The predicted molar refractivity (Wildman–Crippen MR) is 107 cm³/mol. The number of halogens is 1. The fourth-order valence-corrected chi connectivity index (χ4v) is 3.37. The summed E-state index contributed by atoms with van der Waals surface area (Å²) in [6.45, 7) is 4.04. The summed E-state index contributed by atoms with van der Waals surface area (Å²) >= 11 is 2.19. The number of fused-ring (bicyclic) bond motifs is 1. The van der Waals surface area contributed by atoms with Crippen LogP contribution in [0.1, 0.15) is 53.0 Å². The minimum absolute atomic E-state index is 0.0275. The second-order valence-corrected chi connectivity index (χ2v) is 7.35. The van der Waals surface area contributed by atoms with Crippen LogP contribution < -0.4 is 0 Å². The summed E-state index contributed by atoms with van der Waals surface area (Å²) in [6, 6.07) is 4.83. The number of hydroxylamine groups is 2. The van der Waals surface area contributed by atoms with Gasteiger partial charge in [0.05, 0.1) is 24.3 Å². The molecule has 0 aromatic heterocycles. The molecule has 0 saturated heterocycles. The van der Waals surface area contributed by atoms with Crippen LogP contribution in [0, 0.1) is 5.41 Å². The van der Waals surface area contributed by atoms with Crippen molar-refractivity contribution in [2.45, 2.75) is 33.1 Å². The van der Waals surface area contributed by atoms with E-state index >= 15 is 0 Å². The van der Waals surface area contributed by atoms with Gasteiger partial charge in [-0.15, -0.1) is 0 Å². The number of aliphatic carboxylic acids is 1. The number of alkyl halides is 1. The third-order valence-electron chi connectivity index (χ3n) is 4.88. The second kappa shape index (κ2) is 9.46. The quantitative estimate of drug-likeness (QED) is 0.172. The molecule has 9 heteroatoms. The van der Waals surface area contributed by atoms with E-state index in [0.717, 1.165) is 4.43 Å². The van der Waals surface area contributed by atoms with Gasteiger partial charge in [-0.25, -0.2) is 4.79 Å². The molecule has 1 N–H and O–H groups in total. The molecule has 1 heterocycles. The van der Waals surface area contributed by atoms with Crippen molar-refractivity contribution in [3.63, 3.8) is 0 Å². The summed E-state index contributed by atoms with van der Waals surface area (Å²) in [5.41, 5.74) is -0.922. The van der Waals surface area contributed by atoms with Crippen molar-refractivity contribution in [2.24, 2.45) is 5.41 Å². The molecule has 1 aromatic carbocycles. The number of hydrogen-bond acceptors (Lipinski definition) is 6. The molecule has 0 radical (unpaired) electrons. The average molecular weight is 503 g/mol. The Morgan fingerprint density at radius 2 is 1.82 bits per heavy atom. The highest BCUT2D eigenvalue weighted by Gasteiger charge is 2.49. The molecule has 0 bridgehead atoms. The Kier molecular flexibility index (Phi) is 7.53. The number of carbonyl (C=O) groups is 4. The maximum atomic E-state index is 12.8. The summed E-state index contributed by atoms with van der Waals surface area (Å²) in [7, 11) is 0. The fourth-order valence-electron chi connectivity index (χ4n) is 3.06. The summed E-state index contributed by atoms with van der Waals surface area (Å²) in [5, 5.41) is 9.82. The molecule has 0 aliphatic carbocycles. The Labute approximate surface area is 176 Å². The van der Waals surface area contributed by atoms with Gasteiger partial charge in [0.2, 0.25) is 0 Å². The monoisotopic (exact) mass is 503 g/mol. The number of benzene rings is 1. The molecule has 0 unspecified atom stereocenters. The number of carbonyl (C=O) groups excluding carboxylic acids is 3.